The number of imide groups is 1. The molecule has 10 heteroatoms. The zero-order valence-electron chi connectivity index (χ0n) is 13.4. The van der Waals surface area contributed by atoms with E-state index in [4.69, 9.17) is 0 Å². The van der Waals surface area contributed by atoms with E-state index in [2.05, 4.69) is 20.1 Å². The Hall–Kier alpha value is -3.04. The molecule has 2 heterocycles. The van der Waals surface area contributed by atoms with Gasteiger partial charge in [0.1, 0.15) is 23.4 Å². The molecule has 25 heavy (non-hydrogen) atoms. The van der Waals surface area contributed by atoms with Crippen LogP contribution in [0.2, 0.25) is 0 Å². The minimum absolute atomic E-state index is 0.0245. The summed E-state index contributed by atoms with van der Waals surface area (Å²) in [6, 6.07) is 4.99. The highest BCUT2D eigenvalue weighted by atomic mass is 19.3. The lowest BCUT2D eigenvalue weighted by Gasteiger charge is -2.22. The van der Waals surface area contributed by atoms with E-state index in [1.54, 1.807) is 14.0 Å². The molecule has 3 rings (SSSR count). The average Bonchev–Trinajstić information content (AvgIpc) is 3.05. The fourth-order valence-corrected chi connectivity index (χ4v) is 2.61. The van der Waals surface area contributed by atoms with Gasteiger partial charge in [-0.05, 0) is 24.6 Å². The van der Waals surface area contributed by atoms with Gasteiger partial charge in [-0.15, -0.1) is 0 Å². The quantitative estimate of drug-likeness (QED) is 0.822. The van der Waals surface area contributed by atoms with Crippen LogP contribution in [-0.2, 0) is 23.9 Å². The predicted molar refractivity (Wildman–Crippen MR) is 80.5 cm³/mol. The Balaban J connectivity index is 1.83. The first-order valence-electron chi connectivity index (χ1n) is 7.33. The van der Waals surface area contributed by atoms with E-state index in [9.17, 15) is 18.4 Å². The highest BCUT2D eigenvalue weighted by Crippen LogP contribution is 2.30. The minimum atomic E-state index is -2.93. The summed E-state index contributed by atoms with van der Waals surface area (Å²) in [5.74, 6) is -0.0495. The molecule has 0 aliphatic carbocycles. The van der Waals surface area contributed by atoms with E-state index in [0.717, 1.165) is 4.90 Å². The molecule has 8 nitrogen and oxygen atoms in total. The van der Waals surface area contributed by atoms with Crippen LogP contribution >= 0.6 is 0 Å². The summed E-state index contributed by atoms with van der Waals surface area (Å²) in [7, 11) is 1.65. The summed E-state index contributed by atoms with van der Waals surface area (Å²) in [6.45, 7) is -1.41. The number of urea groups is 1. The molecule has 0 spiro atoms. The first-order valence-corrected chi connectivity index (χ1v) is 7.33. The Labute approximate surface area is 141 Å². The lowest BCUT2D eigenvalue weighted by Crippen LogP contribution is -2.40. The molecule has 1 saturated heterocycles. The first-order chi connectivity index (χ1) is 11.8. The zero-order chi connectivity index (χ0) is 18.2. The van der Waals surface area contributed by atoms with Gasteiger partial charge in [0.15, 0.2) is 0 Å². The van der Waals surface area contributed by atoms with E-state index in [0.29, 0.717) is 11.4 Å². The van der Waals surface area contributed by atoms with Crippen LogP contribution in [0, 0.1) is 0 Å². The molecule has 0 saturated carbocycles. The Morgan fingerprint density at radius 1 is 1.28 bits per heavy atom. The van der Waals surface area contributed by atoms with Crippen molar-refractivity contribution in [1.29, 1.82) is 0 Å². The van der Waals surface area contributed by atoms with Crippen LogP contribution in [0.3, 0.4) is 0 Å². The zero-order valence-corrected chi connectivity index (χ0v) is 13.4. The first kappa shape index (κ1) is 16.8. The molecule has 1 aromatic carbocycles. The largest absolute Gasteiger partial charge is 0.435 e. The van der Waals surface area contributed by atoms with Crippen molar-refractivity contribution in [2.75, 3.05) is 0 Å². The number of hydrogen-bond acceptors (Lipinski definition) is 5. The molecule has 1 fully saturated rings. The van der Waals surface area contributed by atoms with Crippen molar-refractivity contribution in [3.63, 3.8) is 0 Å². The van der Waals surface area contributed by atoms with Gasteiger partial charge in [-0.2, -0.15) is 13.9 Å². The number of hydrogen-bond donors (Lipinski definition) is 1. The topological polar surface area (TPSA) is 89.3 Å². The molecule has 1 unspecified atom stereocenters. The van der Waals surface area contributed by atoms with Crippen LogP contribution in [0.4, 0.5) is 13.6 Å². The van der Waals surface area contributed by atoms with E-state index >= 15 is 0 Å². The van der Waals surface area contributed by atoms with Crippen molar-refractivity contribution in [3.05, 3.63) is 42.0 Å². The Morgan fingerprint density at radius 2 is 1.96 bits per heavy atom. The van der Waals surface area contributed by atoms with Crippen molar-refractivity contribution in [3.8, 4) is 5.75 Å². The summed E-state index contributed by atoms with van der Waals surface area (Å²) < 4.78 is 30.2. The van der Waals surface area contributed by atoms with Gasteiger partial charge in [-0.1, -0.05) is 12.1 Å². The number of carbonyl (C=O) groups excluding carboxylic acids is 2. The van der Waals surface area contributed by atoms with Crippen LogP contribution in [0.25, 0.3) is 0 Å². The summed E-state index contributed by atoms with van der Waals surface area (Å²) in [5.41, 5.74) is -0.855. The number of ether oxygens (including phenoxy) is 1. The van der Waals surface area contributed by atoms with Crippen molar-refractivity contribution in [2.45, 2.75) is 25.6 Å². The van der Waals surface area contributed by atoms with Gasteiger partial charge < -0.3 is 10.1 Å². The number of aryl methyl sites for hydroxylation is 1. The fourth-order valence-electron chi connectivity index (χ4n) is 2.61. The maximum atomic E-state index is 12.8. The van der Waals surface area contributed by atoms with Gasteiger partial charge in [0.2, 0.25) is 0 Å². The second-order valence-electron chi connectivity index (χ2n) is 5.65. The highest BCUT2D eigenvalue weighted by Gasteiger charge is 2.49. The number of alkyl halides is 2. The van der Waals surface area contributed by atoms with Crippen LogP contribution in [0.1, 0.15) is 18.3 Å². The standard InChI is InChI=1S/C15H15F2N5O3/c1-15(9-3-5-10(6-4-9)25-13(16)17)12(23)22(14(24)20-15)7-11-18-8-19-21(11)2/h3-6,8,13H,7H2,1-2H3,(H,20,24). The lowest BCUT2D eigenvalue weighted by atomic mass is 9.92. The van der Waals surface area contributed by atoms with Crippen molar-refractivity contribution < 1.29 is 23.1 Å². The monoisotopic (exact) mass is 351 g/mol. The lowest BCUT2D eigenvalue weighted by molar-refractivity contribution is -0.131. The number of amides is 3. The van der Waals surface area contributed by atoms with E-state index in [1.807, 2.05) is 0 Å². The van der Waals surface area contributed by atoms with E-state index in [-0.39, 0.29) is 12.3 Å². The summed E-state index contributed by atoms with van der Waals surface area (Å²) in [6.07, 6.45) is 1.33. The summed E-state index contributed by atoms with van der Waals surface area (Å²) in [4.78, 5) is 30.0. The number of halogens is 2. The molecule has 1 aromatic heterocycles. The van der Waals surface area contributed by atoms with E-state index < -0.39 is 24.1 Å². The minimum Gasteiger partial charge on any atom is -0.435 e. The number of nitrogens with zero attached hydrogens (tertiary/aromatic N) is 4. The third-order valence-electron chi connectivity index (χ3n) is 4.04. The number of benzene rings is 1. The molecule has 1 aliphatic heterocycles. The Morgan fingerprint density at radius 3 is 2.52 bits per heavy atom. The molecule has 132 valence electrons. The van der Waals surface area contributed by atoms with Crippen LogP contribution in [0.5, 0.6) is 5.75 Å². The fraction of sp³-hybridized carbons (Fsp3) is 0.333. The third-order valence-corrected chi connectivity index (χ3v) is 4.04. The van der Waals surface area contributed by atoms with Gasteiger partial charge in [0.25, 0.3) is 5.91 Å². The molecule has 0 bridgehead atoms. The number of aromatic nitrogens is 3. The van der Waals surface area contributed by atoms with Gasteiger partial charge in [0.05, 0.1) is 6.54 Å². The number of rotatable bonds is 5. The molecule has 1 N–H and O–H groups in total. The molecular weight excluding hydrogens is 336 g/mol. The number of carbonyl (C=O) groups is 2. The normalized spacial score (nSPS) is 20.3. The van der Waals surface area contributed by atoms with Crippen molar-refractivity contribution in [1.82, 2.24) is 25.0 Å². The molecule has 1 atom stereocenters. The van der Waals surface area contributed by atoms with Gasteiger partial charge in [-0.3, -0.25) is 14.4 Å². The van der Waals surface area contributed by atoms with Gasteiger partial charge in [0, 0.05) is 7.05 Å². The Kier molecular flexibility index (Phi) is 4.11. The smallest absolute Gasteiger partial charge is 0.387 e. The molecule has 2 aromatic rings. The summed E-state index contributed by atoms with van der Waals surface area (Å²) in [5, 5.41) is 6.53. The molecule has 0 radical (unpaired) electrons. The SMILES string of the molecule is Cn1ncnc1CN1C(=O)NC(C)(c2ccc(OC(F)F)cc2)C1=O. The molecular formula is C15H15F2N5O3. The second-order valence-corrected chi connectivity index (χ2v) is 5.65. The summed E-state index contributed by atoms with van der Waals surface area (Å²) >= 11 is 0. The molecule has 3 amide bonds. The van der Waals surface area contributed by atoms with Crippen molar-refractivity contribution >= 4 is 11.9 Å². The van der Waals surface area contributed by atoms with Gasteiger partial charge >= 0.3 is 12.6 Å². The maximum Gasteiger partial charge on any atom is 0.387 e. The second kappa shape index (κ2) is 6.11. The van der Waals surface area contributed by atoms with Crippen molar-refractivity contribution in [2.24, 2.45) is 7.05 Å². The average molecular weight is 351 g/mol. The maximum absolute atomic E-state index is 12.8. The number of nitrogens with one attached hydrogen (secondary N) is 1. The van der Waals surface area contributed by atoms with Crippen LogP contribution in [-0.4, -0.2) is 38.2 Å². The van der Waals surface area contributed by atoms with E-state index in [1.165, 1.54) is 35.3 Å². The highest BCUT2D eigenvalue weighted by molar-refractivity contribution is 6.07. The predicted octanol–water partition coefficient (Wildman–Crippen LogP) is 1.38. The molecule has 1 aliphatic rings. The third kappa shape index (κ3) is 3.02. The Bertz CT molecular complexity index is 808. The van der Waals surface area contributed by atoms with Crippen LogP contribution in [0.15, 0.2) is 30.6 Å². The van der Waals surface area contributed by atoms with Crippen LogP contribution < -0.4 is 10.1 Å². The van der Waals surface area contributed by atoms with Gasteiger partial charge in [-0.25, -0.2) is 9.78 Å².